The van der Waals surface area contributed by atoms with Crippen molar-refractivity contribution in [2.24, 2.45) is 5.92 Å². The number of carbonyl (C=O) groups is 2. The summed E-state index contributed by atoms with van der Waals surface area (Å²) in [5.74, 6) is -0.602. The molecule has 1 fully saturated rings. The first-order valence-corrected chi connectivity index (χ1v) is 5.85. The van der Waals surface area contributed by atoms with Gasteiger partial charge in [0.2, 0.25) is 0 Å². The molecule has 0 radical (unpaired) electrons. The van der Waals surface area contributed by atoms with E-state index >= 15 is 0 Å². The second kappa shape index (κ2) is 5.08. The van der Waals surface area contributed by atoms with Crippen LogP contribution in [0.4, 0.5) is 5.69 Å². The van der Waals surface area contributed by atoms with Gasteiger partial charge in [-0.1, -0.05) is 12.1 Å². The minimum absolute atomic E-state index is 0.125. The summed E-state index contributed by atoms with van der Waals surface area (Å²) >= 11 is 0. The standard InChI is InChI=1S/C13H16N2O3/c1-18-13(17)9-6-7-15(8-9)12(16)10-4-2-3-5-11(10)14/h2-5,9H,6-8,14H2,1H3. The van der Waals surface area contributed by atoms with Crippen LogP contribution in [0.3, 0.4) is 0 Å². The maximum atomic E-state index is 12.2. The van der Waals surface area contributed by atoms with Gasteiger partial charge in [0, 0.05) is 18.8 Å². The minimum atomic E-state index is -0.258. The number of likely N-dealkylation sites (tertiary alicyclic amines) is 1. The first kappa shape index (κ1) is 12.4. The molecular weight excluding hydrogens is 232 g/mol. The lowest BCUT2D eigenvalue weighted by molar-refractivity contribution is -0.144. The highest BCUT2D eigenvalue weighted by Crippen LogP contribution is 2.21. The van der Waals surface area contributed by atoms with Crippen LogP contribution in [0, 0.1) is 5.92 Å². The number of ether oxygens (including phenoxy) is 1. The van der Waals surface area contributed by atoms with Crippen LogP contribution >= 0.6 is 0 Å². The number of amides is 1. The number of methoxy groups -OCH3 is 1. The third-order valence-electron chi connectivity index (χ3n) is 3.20. The SMILES string of the molecule is COC(=O)C1CCN(C(=O)c2ccccc2N)C1. The Bertz CT molecular complexity index is 473. The highest BCUT2D eigenvalue weighted by molar-refractivity contribution is 5.99. The third kappa shape index (κ3) is 2.30. The molecular formula is C13H16N2O3. The average molecular weight is 248 g/mol. The van der Waals surface area contributed by atoms with Gasteiger partial charge in [-0.25, -0.2) is 0 Å². The van der Waals surface area contributed by atoms with E-state index in [4.69, 9.17) is 10.5 Å². The van der Waals surface area contributed by atoms with Crippen LogP contribution in [0.2, 0.25) is 0 Å². The predicted molar refractivity (Wildman–Crippen MR) is 66.9 cm³/mol. The van der Waals surface area contributed by atoms with E-state index in [1.54, 1.807) is 29.2 Å². The number of rotatable bonds is 2. The molecule has 0 aromatic heterocycles. The van der Waals surface area contributed by atoms with Gasteiger partial charge < -0.3 is 15.4 Å². The molecule has 1 aromatic rings. The van der Waals surface area contributed by atoms with Crippen molar-refractivity contribution in [1.29, 1.82) is 0 Å². The number of nitrogens with zero attached hydrogens (tertiary/aromatic N) is 1. The molecule has 5 heteroatoms. The number of benzene rings is 1. The predicted octanol–water partition coefficient (Wildman–Crippen LogP) is 0.904. The highest BCUT2D eigenvalue weighted by Gasteiger charge is 2.32. The van der Waals surface area contributed by atoms with Gasteiger partial charge in [-0.2, -0.15) is 0 Å². The summed E-state index contributed by atoms with van der Waals surface area (Å²) in [4.78, 5) is 25.3. The van der Waals surface area contributed by atoms with E-state index in [0.717, 1.165) is 0 Å². The lowest BCUT2D eigenvalue weighted by atomic mass is 10.1. The summed E-state index contributed by atoms with van der Waals surface area (Å²) < 4.78 is 4.69. The molecule has 2 rings (SSSR count). The van der Waals surface area contributed by atoms with Crippen molar-refractivity contribution in [3.63, 3.8) is 0 Å². The molecule has 18 heavy (non-hydrogen) atoms. The van der Waals surface area contributed by atoms with E-state index in [1.807, 2.05) is 0 Å². The number of carbonyl (C=O) groups excluding carboxylic acids is 2. The van der Waals surface area contributed by atoms with Crippen molar-refractivity contribution in [3.05, 3.63) is 29.8 Å². The Kier molecular flexibility index (Phi) is 3.50. The molecule has 0 saturated carbocycles. The molecule has 1 aliphatic rings. The molecule has 96 valence electrons. The first-order valence-electron chi connectivity index (χ1n) is 5.85. The maximum Gasteiger partial charge on any atom is 0.310 e. The van der Waals surface area contributed by atoms with Crippen LogP contribution < -0.4 is 5.73 Å². The van der Waals surface area contributed by atoms with Crippen LogP contribution in [-0.2, 0) is 9.53 Å². The van der Waals surface area contributed by atoms with Gasteiger partial charge in [-0.15, -0.1) is 0 Å². The Hall–Kier alpha value is -2.04. The summed E-state index contributed by atoms with van der Waals surface area (Å²) in [5, 5.41) is 0. The molecule has 1 saturated heterocycles. The molecule has 1 unspecified atom stereocenters. The summed E-state index contributed by atoms with van der Waals surface area (Å²) in [7, 11) is 1.36. The second-order valence-corrected chi connectivity index (χ2v) is 4.35. The molecule has 0 aliphatic carbocycles. The van der Waals surface area contributed by atoms with Gasteiger partial charge in [0.15, 0.2) is 0 Å². The largest absolute Gasteiger partial charge is 0.469 e. The smallest absolute Gasteiger partial charge is 0.310 e. The number of hydrogen-bond donors (Lipinski definition) is 1. The quantitative estimate of drug-likeness (QED) is 0.623. The van der Waals surface area contributed by atoms with Gasteiger partial charge in [0.1, 0.15) is 0 Å². The fourth-order valence-corrected chi connectivity index (χ4v) is 2.17. The van der Waals surface area contributed by atoms with Gasteiger partial charge in [-0.05, 0) is 18.6 Å². The van der Waals surface area contributed by atoms with Crippen molar-refractivity contribution in [3.8, 4) is 0 Å². The zero-order valence-electron chi connectivity index (χ0n) is 10.3. The summed E-state index contributed by atoms with van der Waals surface area (Å²) in [6.07, 6.45) is 0.644. The zero-order valence-corrected chi connectivity index (χ0v) is 10.3. The highest BCUT2D eigenvalue weighted by atomic mass is 16.5. The Balaban J connectivity index is 2.08. The number of anilines is 1. The lowest BCUT2D eigenvalue weighted by Crippen LogP contribution is -2.30. The number of esters is 1. The molecule has 0 spiro atoms. The number of para-hydroxylation sites is 1. The molecule has 1 heterocycles. The van der Waals surface area contributed by atoms with Gasteiger partial charge in [0.25, 0.3) is 5.91 Å². The topological polar surface area (TPSA) is 72.6 Å². The molecule has 5 nitrogen and oxygen atoms in total. The van der Waals surface area contributed by atoms with Gasteiger partial charge in [0.05, 0.1) is 18.6 Å². The van der Waals surface area contributed by atoms with Crippen molar-refractivity contribution >= 4 is 17.6 Å². The zero-order chi connectivity index (χ0) is 13.1. The Morgan fingerprint density at radius 3 is 2.78 bits per heavy atom. The Morgan fingerprint density at radius 1 is 1.39 bits per heavy atom. The van der Waals surface area contributed by atoms with Crippen molar-refractivity contribution in [1.82, 2.24) is 4.90 Å². The van der Waals surface area contributed by atoms with Crippen LogP contribution in [0.5, 0.6) is 0 Å². The molecule has 0 bridgehead atoms. The van der Waals surface area contributed by atoms with E-state index in [-0.39, 0.29) is 17.8 Å². The number of nitrogens with two attached hydrogens (primary N) is 1. The fraction of sp³-hybridized carbons (Fsp3) is 0.385. The monoisotopic (exact) mass is 248 g/mol. The minimum Gasteiger partial charge on any atom is -0.469 e. The first-order chi connectivity index (χ1) is 8.63. The number of nitrogen functional groups attached to an aromatic ring is 1. The summed E-state index contributed by atoms with van der Waals surface area (Å²) in [6, 6.07) is 6.95. The van der Waals surface area contributed by atoms with Crippen molar-refractivity contribution < 1.29 is 14.3 Å². The second-order valence-electron chi connectivity index (χ2n) is 4.35. The number of hydrogen-bond acceptors (Lipinski definition) is 4. The maximum absolute atomic E-state index is 12.2. The Labute approximate surface area is 106 Å². The summed E-state index contributed by atoms with van der Waals surface area (Å²) in [6.45, 7) is 0.965. The molecule has 2 N–H and O–H groups in total. The Morgan fingerprint density at radius 2 is 2.11 bits per heavy atom. The molecule has 1 amide bonds. The van der Waals surface area contributed by atoms with E-state index in [2.05, 4.69) is 0 Å². The van der Waals surface area contributed by atoms with E-state index in [0.29, 0.717) is 30.8 Å². The normalized spacial score (nSPS) is 18.7. The van der Waals surface area contributed by atoms with Crippen molar-refractivity contribution in [2.45, 2.75) is 6.42 Å². The van der Waals surface area contributed by atoms with Crippen molar-refractivity contribution in [2.75, 3.05) is 25.9 Å². The van der Waals surface area contributed by atoms with E-state index < -0.39 is 0 Å². The van der Waals surface area contributed by atoms with E-state index in [1.165, 1.54) is 7.11 Å². The van der Waals surface area contributed by atoms with Crippen LogP contribution in [0.15, 0.2) is 24.3 Å². The van der Waals surface area contributed by atoms with Crippen LogP contribution in [0.25, 0.3) is 0 Å². The van der Waals surface area contributed by atoms with Crippen LogP contribution in [-0.4, -0.2) is 37.0 Å². The van der Waals surface area contributed by atoms with Crippen LogP contribution in [0.1, 0.15) is 16.8 Å². The van der Waals surface area contributed by atoms with Gasteiger partial charge in [-0.3, -0.25) is 9.59 Å². The molecule has 1 aromatic carbocycles. The van der Waals surface area contributed by atoms with E-state index in [9.17, 15) is 9.59 Å². The molecule has 1 aliphatic heterocycles. The average Bonchev–Trinajstić information content (AvgIpc) is 2.87. The lowest BCUT2D eigenvalue weighted by Gasteiger charge is -2.17. The third-order valence-corrected chi connectivity index (χ3v) is 3.20. The fourth-order valence-electron chi connectivity index (χ4n) is 2.17. The summed E-state index contributed by atoms with van der Waals surface area (Å²) in [5.41, 5.74) is 6.72. The van der Waals surface area contributed by atoms with Gasteiger partial charge >= 0.3 is 5.97 Å². The molecule has 1 atom stereocenters.